The van der Waals surface area contributed by atoms with Crippen LogP contribution in [0.2, 0.25) is 0 Å². The number of guanidine groups is 1. The van der Waals surface area contributed by atoms with Crippen molar-refractivity contribution in [3.05, 3.63) is 0 Å². The standard InChI is InChI=1S/C9H19N3/c1-10-9(11(2)3)12-7-5-4-6-8-12/h4-8H2,1-3H3. The summed E-state index contributed by atoms with van der Waals surface area (Å²) < 4.78 is 0. The Morgan fingerprint density at radius 1 is 1.17 bits per heavy atom. The summed E-state index contributed by atoms with van der Waals surface area (Å²) in [5.74, 6) is 1.12. The van der Waals surface area contributed by atoms with Crippen molar-refractivity contribution in [2.45, 2.75) is 19.3 Å². The average molecular weight is 169 g/mol. The molecule has 0 aromatic carbocycles. The topological polar surface area (TPSA) is 18.8 Å². The Hall–Kier alpha value is -0.730. The summed E-state index contributed by atoms with van der Waals surface area (Å²) in [6.07, 6.45) is 4.00. The van der Waals surface area contributed by atoms with Crippen LogP contribution in [0.1, 0.15) is 19.3 Å². The Bertz CT molecular complexity index is 157. The van der Waals surface area contributed by atoms with Gasteiger partial charge in [-0.1, -0.05) is 0 Å². The highest BCUT2D eigenvalue weighted by molar-refractivity contribution is 5.79. The maximum Gasteiger partial charge on any atom is 0.195 e. The monoisotopic (exact) mass is 169 g/mol. The minimum absolute atomic E-state index is 1.12. The second-order valence-corrected chi connectivity index (χ2v) is 3.47. The van der Waals surface area contributed by atoms with Crippen LogP contribution in [0.5, 0.6) is 0 Å². The van der Waals surface area contributed by atoms with E-state index in [0.29, 0.717) is 0 Å². The molecule has 1 heterocycles. The Labute approximate surface area is 75.1 Å². The Kier molecular flexibility index (Phi) is 3.38. The molecule has 12 heavy (non-hydrogen) atoms. The quantitative estimate of drug-likeness (QED) is 0.398. The Morgan fingerprint density at radius 2 is 1.75 bits per heavy atom. The molecule has 1 rings (SSSR count). The lowest BCUT2D eigenvalue weighted by molar-refractivity contribution is 0.308. The first-order valence-corrected chi connectivity index (χ1v) is 4.64. The van der Waals surface area contributed by atoms with Crippen LogP contribution < -0.4 is 0 Å². The van der Waals surface area contributed by atoms with Crippen molar-refractivity contribution < 1.29 is 0 Å². The minimum atomic E-state index is 1.12. The van der Waals surface area contributed by atoms with E-state index in [0.717, 1.165) is 5.96 Å². The van der Waals surface area contributed by atoms with Crippen LogP contribution in [0.25, 0.3) is 0 Å². The lowest BCUT2D eigenvalue weighted by atomic mass is 10.1. The van der Waals surface area contributed by atoms with E-state index in [1.54, 1.807) is 0 Å². The zero-order valence-electron chi connectivity index (χ0n) is 8.38. The first kappa shape index (κ1) is 9.36. The van der Waals surface area contributed by atoms with Crippen LogP contribution in [0.15, 0.2) is 4.99 Å². The molecule has 0 amide bonds. The van der Waals surface area contributed by atoms with Crippen LogP contribution in [0.4, 0.5) is 0 Å². The van der Waals surface area contributed by atoms with Crippen LogP contribution >= 0.6 is 0 Å². The third kappa shape index (κ3) is 2.13. The molecule has 0 unspecified atom stereocenters. The van der Waals surface area contributed by atoms with Gasteiger partial charge in [0.25, 0.3) is 0 Å². The molecule has 0 aliphatic carbocycles. The number of likely N-dealkylation sites (tertiary alicyclic amines) is 1. The Morgan fingerprint density at radius 3 is 2.17 bits per heavy atom. The molecule has 1 fully saturated rings. The van der Waals surface area contributed by atoms with Crippen LogP contribution in [-0.2, 0) is 0 Å². The van der Waals surface area contributed by atoms with Crippen molar-refractivity contribution in [2.24, 2.45) is 4.99 Å². The molecule has 3 nitrogen and oxygen atoms in total. The van der Waals surface area contributed by atoms with Gasteiger partial charge >= 0.3 is 0 Å². The van der Waals surface area contributed by atoms with E-state index in [-0.39, 0.29) is 0 Å². The van der Waals surface area contributed by atoms with E-state index in [9.17, 15) is 0 Å². The summed E-state index contributed by atoms with van der Waals surface area (Å²) >= 11 is 0. The summed E-state index contributed by atoms with van der Waals surface area (Å²) in [5, 5.41) is 0. The molecule has 0 aromatic heterocycles. The summed E-state index contributed by atoms with van der Waals surface area (Å²) in [4.78, 5) is 8.73. The summed E-state index contributed by atoms with van der Waals surface area (Å²) in [6.45, 7) is 2.34. The lowest BCUT2D eigenvalue weighted by Crippen LogP contribution is -2.43. The second kappa shape index (κ2) is 4.33. The number of hydrogen-bond donors (Lipinski definition) is 0. The molecule has 0 N–H and O–H groups in total. The third-order valence-corrected chi connectivity index (χ3v) is 2.24. The van der Waals surface area contributed by atoms with Gasteiger partial charge < -0.3 is 9.80 Å². The molecule has 70 valence electrons. The van der Waals surface area contributed by atoms with Gasteiger partial charge in [0.05, 0.1) is 0 Å². The lowest BCUT2D eigenvalue weighted by Gasteiger charge is -2.32. The van der Waals surface area contributed by atoms with Gasteiger partial charge in [0, 0.05) is 34.2 Å². The molecule has 0 radical (unpaired) electrons. The number of aliphatic imine (C=N–C) groups is 1. The van der Waals surface area contributed by atoms with E-state index in [1.807, 2.05) is 7.05 Å². The predicted octanol–water partition coefficient (Wildman–Crippen LogP) is 1.02. The largest absolute Gasteiger partial charge is 0.349 e. The van der Waals surface area contributed by atoms with Gasteiger partial charge in [0.1, 0.15) is 0 Å². The SMILES string of the molecule is CN=C(N(C)C)N1CCCCC1. The van der Waals surface area contributed by atoms with Crippen molar-refractivity contribution in [1.82, 2.24) is 9.80 Å². The fourth-order valence-electron chi connectivity index (χ4n) is 1.72. The smallest absolute Gasteiger partial charge is 0.195 e. The van der Waals surface area contributed by atoms with Gasteiger partial charge in [0.15, 0.2) is 5.96 Å². The summed E-state index contributed by atoms with van der Waals surface area (Å²) in [6, 6.07) is 0. The molecule has 1 aliphatic heterocycles. The first-order chi connectivity index (χ1) is 5.75. The van der Waals surface area contributed by atoms with Gasteiger partial charge in [-0.2, -0.15) is 0 Å². The molecule has 1 aliphatic rings. The van der Waals surface area contributed by atoms with Crippen molar-refractivity contribution in [2.75, 3.05) is 34.2 Å². The highest BCUT2D eigenvalue weighted by atomic mass is 15.4. The zero-order chi connectivity index (χ0) is 8.97. The third-order valence-electron chi connectivity index (χ3n) is 2.24. The number of rotatable bonds is 0. The molecule has 3 heteroatoms. The van der Waals surface area contributed by atoms with E-state index in [4.69, 9.17) is 0 Å². The minimum Gasteiger partial charge on any atom is -0.349 e. The average Bonchev–Trinajstić information content (AvgIpc) is 2.07. The highest BCUT2D eigenvalue weighted by Crippen LogP contribution is 2.09. The molecule has 0 bridgehead atoms. The predicted molar refractivity (Wildman–Crippen MR) is 52.5 cm³/mol. The molecule has 1 saturated heterocycles. The first-order valence-electron chi connectivity index (χ1n) is 4.64. The van der Waals surface area contributed by atoms with Gasteiger partial charge in [-0.15, -0.1) is 0 Å². The van der Waals surface area contributed by atoms with Crippen molar-refractivity contribution in [3.63, 3.8) is 0 Å². The van der Waals surface area contributed by atoms with Crippen molar-refractivity contribution in [3.8, 4) is 0 Å². The maximum absolute atomic E-state index is 4.28. The van der Waals surface area contributed by atoms with Gasteiger partial charge in [-0.25, -0.2) is 0 Å². The number of piperidine rings is 1. The zero-order valence-corrected chi connectivity index (χ0v) is 8.38. The van der Waals surface area contributed by atoms with Gasteiger partial charge in [-0.05, 0) is 19.3 Å². The molecule has 0 aromatic rings. The highest BCUT2D eigenvalue weighted by Gasteiger charge is 2.14. The molecular formula is C9H19N3. The van der Waals surface area contributed by atoms with E-state index >= 15 is 0 Å². The van der Waals surface area contributed by atoms with E-state index in [1.165, 1.54) is 32.4 Å². The second-order valence-electron chi connectivity index (χ2n) is 3.47. The van der Waals surface area contributed by atoms with Crippen molar-refractivity contribution in [1.29, 1.82) is 0 Å². The number of nitrogens with zero attached hydrogens (tertiary/aromatic N) is 3. The number of hydrogen-bond acceptors (Lipinski definition) is 1. The Balaban J connectivity index is 2.53. The van der Waals surface area contributed by atoms with Crippen LogP contribution in [0, 0.1) is 0 Å². The molecular weight excluding hydrogens is 150 g/mol. The normalized spacial score (nSPS) is 19.6. The van der Waals surface area contributed by atoms with E-state index < -0.39 is 0 Å². The van der Waals surface area contributed by atoms with Crippen molar-refractivity contribution >= 4 is 5.96 Å². The fourth-order valence-corrected chi connectivity index (χ4v) is 1.72. The van der Waals surface area contributed by atoms with Gasteiger partial charge in [-0.3, -0.25) is 4.99 Å². The summed E-state index contributed by atoms with van der Waals surface area (Å²) in [5.41, 5.74) is 0. The van der Waals surface area contributed by atoms with E-state index in [2.05, 4.69) is 28.9 Å². The fraction of sp³-hybridized carbons (Fsp3) is 0.889. The summed E-state index contributed by atoms with van der Waals surface area (Å²) in [7, 11) is 5.97. The molecule has 0 spiro atoms. The van der Waals surface area contributed by atoms with Crippen LogP contribution in [0.3, 0.4) is 0 Å². The van der Waals surface area contributed by atoms with Crippen LogP contribution in [-0.4, -0.2) is 50.0 Å². The molecule has 0 atom stereocenters. The van der Waals surface area contributed by atoms with Gasteiger partial charge in [0.2, 0.25) is 0 Å². The maximum atomic E-state index is 4.28. The molecule has 0 saturated carbocycles.